The Hall–Kier alpha value is -0.0800. The summed E-state index contributed by atoms with van der Waals surface area (Å²) in [5, 5.41) is 6.80. The highest BCUT2D eigenvalue weighted by molar-refractivity contribution is 14.0. The quantitative estimate of drug-likeness (QED) is 0.225. The van der Waals surface area contributed by atoms with E-state index in [0.29, 0.717) is 12.0 Å². The van der Waals surface area contributed by atoms with Crippen molar-refractivity contribution in [2.24, 2.45) is 16.8 Å². The molecule has 2 rings (SSSR count). The Labute approximate surface area is 171 Å². The standard InChI is InChI=1S/C19H38N4O.HI/c1-4-20-19(21-10-6-12-24-15-17-8-9-17)22-13-18-7-5-11-23(14-18)16(2)3;/h16-18H,4-15H2,1-3H3,(H2,20,21,22);1H. The zero-order chi connectivity index (χ0) is 17.2. The number of nitrogens with one attached hydrogen (secondary N) is 2. The molecule has 2 aliphatic rings. The van der Waals surface area contributed by atoms with Crippen molar-refractivity contribution in [3.05, 3.63) is 0 Å². The van der Waals surface area contributed by atoms with E-state index in [1.807, 2.05) is 0 Å². The fraction of sp³-hybridized carbons (Fsp3) is 0.947. The van der Waals surface area contributed by atoms with E-state index in [9.17, 15) is 0 Å². The average Bonchev–Trinajstić information content (AvgIpc) is 3.40. The van der Waals surface area contributed by atoms with Gasteiger partial charge in [0.05, 0.1) is 0 Å². The number of hydrogen-bond acceptors (Lipinski definition) is 3. The maximum Gasteiger partial charge on any atom is 0.191 e. The number of hydrogen-bond donors (Lipinski definition) is 2. The number of halogens is 1. The molecule has 0 spiro atoms. The van der Waals surface area contributed by atoms with Crippen molar-refractivity contribution in [1.29, 1.82) is 0 Å². The van der Waals surface area contributed by atoms with Gasteiger partial charge >= 0.3 is 0 Å². The highest BCUT2D eigenvalue weighted by Gasteiger charge is 2.22. The van der Waals surface area contributed by atoms with Crippen LogP contribution in [-0.4, -0.2) is 62.8 Å². The summed E-state index contributed by atoms with van der Waals surface area (Å²) in [6, 6.07) is 0.652. The Morgan fingerprint density at radius 2 is 2.00 bits per heavy atom. The molecular weight excluding hydrogens is 427 g/mol. The fourth-order valence-electron chi connectivity index (χ4n) is 3.19. The smallest absolute Gasteiger partial charge is 0.191 e. The summed E-state index contributed by atoms with van der Waals surface area (Å²) in [6.45, 7) is 13.7. The maximum absolute atomic E-state index is 5.68. The molecule has 1 unspecified atom stereocenters. The Morgan fingerprint density at radius 1 is 1.20 bits per heavy atom. The Kier molecular flexibility index (Phi) is 12.1. The van der Waals surface area contributed by atoms with Crippen molar-refractivity contribution >= 4 is 29.9 Å². The predicted molar refractivity (Wildman–Crippen MR) is 117 cm³/mol. The lowest BCUT2D eigenvalue weighted by atomic mass is 9.97. The number of guanidine groups is 1. The number of piperidine rings is 1. The number of nitrogens with zero attached hydrogens (tertiary/aromatic N) is 2. The van der Waals surface area contributed by atoms with Crippen LogP contribution in [0.1, 0.15) is 52.9 Å². The van der Waals surface area contributed by atoms with Gasteiger partial charge in [-0.25, -0.2) is 0 Å². The molecule has 6 heteroatoms. The number of likely N-dealkylation sites (tertiary alicyclic amines) is 1. The van der Waals surface area contributed by atoms with Crippen LogP contribution in [-0.2, 0) is 4.74 Å². The normalized spacial score (nSPS) is 21.9. The van der Waals surface area contributed by atoms with Crippen LogP contribution in [0.2, 0.25) is 0 Å². The van der Waals surface area contributed by atoms with Gasteiger partial charge in [0.2, 0.25) is 0 Å². The van der Waals surface area contributed by atoms with Crippen LogP contribution in [0, 0.1) is 11.8 Å². The fourth-order valence-corrected chi connectivity index (χ4v) is 3.19. The van der Waals surface area contributed by atoms with Crippen LogP contribution in [0.3, 0.4) is 0 Å². The summed E-state index contributed by atoms with van der Waals surface area (Å²) in [5.74, 6) is 2.51. The van der Waals surface area contributed by atoms with Crippen LogP contribution < -0.4 is 10.6 Å². The molecule has 1 aliphatic carbocycles. The van der Waals surface area contributed by atoms with Crippen LogP contribution in [0.15, 0.2) is 4.99 Å². The summed E-state index contributed by atoms with van der Waals surface area (Å²) < 4.78 is 5.68. The molecule has 5 nitrogen and oxygen atoms in total. The van der Waals surface area contributed by atoms with Crippen LogP contribution in [0.25, 0.3) is 0 Å². The van der Waals surface area contributed by atoms with Crippen molar-refractivity contribution in [2.45, 2.75) is 58.9 Å². The van der Waals surface area contributed by atoms with Crippen LogP contribution >= 0.6 is 24.0 Å². The summed E-state index contributed by atoms with van der Waals surface area (Å²) in [5.41, 5.74) is 0. The van der Waals surface area contributed by atoms with Gasteiger partial charge in [0.25, 0.3) is 0 Å². The van der Waals surface area contributed by atoms with Gasteiger partial charge in [0, 0.05) is 45.4 Å². The average molecular weight is 466 g/mol. The Balaban J connectivity index is 0.00000312. The highest BCUT2D eigenvalue weighted by atomic mass is 127. The molecule has 148 valence electrons. The van der Waals surface area contributed by atoms with E-state index in [1.165, 1.54) is 38.8 Å². The Bertz CT molecular complexity index is 374. The summed E-state index contributed by atoms with van der Waals surface area (Å²) in [7, 11) is 0. The molecule has 1 saturated heterocycles. The molecule has 25 heavy (non-hydrogen) atoms. The molecule has 0 amide bonds. The molecule has 1 aliphatic heterocycles. The first-order valence-corrected chi connectivity index (χ1v) is 10.0. The van der Waals surface area contributed by atoms with Gasteiger partial charge in [-0.05, 0) is 71.3 Å². The van der Waals surface area contributed by atoms with Gasteiger partial charge in [0.1, 0.15) is 0 Å². The second kappa shape index (κ2) is 13.1. The molecule has 1 atom stereocenters. The second-order valence-electron chi connectivity index (χ2n) is 7.62. The monoisotopic (exact) mass is 466 g/mol. The zero-order valence-electron chi connectivity index (χ0n) is 16.4. The topological polar surface area (TPSA) is 48.9 Å². The highest BCUT2D eigenvalue weighted by Crippen LogP contribution is 2.28. The first-order valence-electron chi connectivity index (χ1n) is 10.0. The van der Waals surface area contributed by atoms with E-state index in [-0.39, 0.29) is 24.0 Å². The van der Waals surface area contributed by atoms with Crippen molar-refractivity contribution in [3.8, 4) is 0 Å². The minimum absolute atomic E-state index is 0. The Morgan fingerprint density at radius 3 is 2.68 bits per heavy atom. The molecule has 2 N–H and O–H groups in total. The van der Waals surface area contributed by atoms with E-state index >= 15 is 0 Å². The zero-order valence-corrected chi connectivity index (χ0v) is 18.8. The predicted octanol–water partition coefficient (Wildman–Crippen LogP) is 3.10. The van der Waals surface area contributed by atoms with E-state index in [4.69, 9.17) is 9.73 Å². The van der Waals surface area contributed by atoms with Crippen molar-refractivity contribution in [3.63, 3.8) is 0 Å². The number of aliphatic imine (C=N–C) groups is 1. The SMILES string of the molecule is CCNC(=NCC1CCCN(C(C)C)C1)NCCCOCC1CC1.I. The molecule has 1 saturated carbocycles. The molecule has 0 bridgehead atoms. The lowest BCUT2D eigenvalue weighted by molar-refractivity contribution is 0.123. The number of ether oxygens (including phenoxy) is 1. The van der Waals surface area contributed by atoms with Crippen LogP contribution in [0.5, 0.6) is 0 Å². The molecule has 0 aromatic rings. The molecule has 1 heterocycles. The van der Waals surface area contributed by atoms with Gasteiger partial charge in [-0.3, -0.25) is 4.99 Å². The third kappa shape index (κ3) is 9.99. The van der Waals surface area contributed by atoms with E-state index in [0.717, 1.165) is 51.1 Å². The minimum atomic E-state index is 0. The summed E-state index contributed by atoms with van der Waals surface area (Å²) in [6.07, 6.45) is 6.39. The van der Waals surface area contributed by atoms with E-state index in [2.05, 4.69) is 36.3 Å². The van der Waals surface area contributed by atoms with Crippen LogP contribution in [0.4, 0.5) is 0 Å². The first-order chi connectivity index (χ1) is 11.7. The third-order valence-corrected chi connectivity index (χ3v) is 4.94. The van der Waals surface area contributed by atoms with Crippen molar-refractivity contribution < 1.29 is 4.74 Å². The largest absolute Gasteiger partial charge is 0.381 e. The third-order valence-electron chi connectivity index (χ3n) is 4.94. The summed E-state index contributed by atoms with van der Waals surface area (Å²) in [4.78, 5) is 7.40. The molecule has 2 fully saturated rings. The molecular formula is C19H39IN4O. The van der Waals surface area contributed by atoms with Gasteiger partial charge in [0.15, 0.2) is 5.96 Å². The van der Waals surface area contributed by atoms with Gasteiger partial charge in [-0.1, -0.05) is 0 Å². The maximum atomic E-state index is 5.68. The molecule has 0 aromatic heterocycles. The molecule has 0 aromatic carbocycles. The summed E-state index contributed by atoms with van der Waals surface area (Å²) >= 11 is 0. The lowest BCUT2D eigenvalue weighted by Crippen LogP contribution is -2.42. The van der Waals surface area contributed by atoms with E-state index in [1.54, 1.807) is 0 Å². The van der Waals surface area contributed by atoms with Gasteiger partial charge < -0.3 is 20.3 Å². The first kappa shape index (κ1) is 23.0. The molecule has 0 radical (unpaired) electrons. The second-order valence-corrected chi connectivity index (χ2v) is 7.62. The minimum Gasteiger partial charge on any atom is -0.381 e. The number of rotatable bonds is 10. The van der Waals surface area contributed by atoms with Gasteiger partial charge in [-0.15, -0.1) is 24.0 Å². The van der Waals surface area contributed by atoms with Crippen molar-refractivity contribution in [2.75, 3.05) is 45.9 Å². The van der Waals surface area contributed by atoms with Gasteiger partial charge in [-0.2, -0.15) is 0 Å². The van der Waals surface area contributed by atoms with E-state index < -0.39 is 0 Å². The lowest BCUT2D eigenvalue weighted by Gasteiger charge is -2.34. The van der Waals surface area contributed by atoms with Crippen molar-refractivity contribution in [1.82, 2.24) is 15.5 Å².